The number of ether oxygens (including phenoxy) is 1. The topological polar surface area (TPSA) is 61.3 Å². The van der Waals surface area contributed by atoms with Gasteiger partial charge in [0.2, 0.25) is 0 Å². The molecule has 4 nitrogen and oxygen atoms in total. The van der Waals surface area contributed by atoms with Crippen molar-refractivity contribution in [2.75, 3.05) is 6.61 Å². The smallest absolute Gasteiger partial charge is 0.162 e. The van der Waals surface area contributed by atoms with E-state index in [1.54, 1.807) is 12.3 Å². The summed E-state index contributed by atoms with van der Waals surface area (Å²) in [5, 5.41) is 3.60. The van der Waals surface area contributed by atoms with Crippen LogP contribution in [0.15, 0.2) is 16.8 Å². The fraction of sp³-hybridized carbons (Fsp3) is 0.700. The fourth-order valence-electron chi connectivity index (χ4n) is 1.89. The van der Waals surface area contributed by atoms with E-state index >= 15 is 0 Å². The highest BCUT2D eigenvalue weighted by molar-refractivity contribution is 4.92. The minimum atomic E-state index is -0.0972. The van der Waals surface area contributed by atoms with Crippen molar-refractivity contribution in [1.82, 2.24) is 5.16 Å². The third-order valence-electron chi connectivity index (χ3n) is 2.72. The highest BCUT2D eigenvalue weighted by Gasteiger charge is 2.29. The van der Waals surface area contributed by atoms with Crippen molar-refractivity contribution in [2.24, 2.45) is 5.73 Å². The average molecular weight is 196 g/mol. The van der Waals surface area contributed by atoms with Gasteiger partial charge in [-0.2, -0.15) is 0 Å². The van der Waals surface area contributed by atoms with E-state index in [4.69, 9.17) is 15.0 Å². The molecule has 0 spiro atoms. The monoisotopic (exact) mass is 196 g/mol. The van der Waals surface area contributed by atoms with Gasteiger partial charge in [-0.15, -0.1) is 0 Å². The van der Waals surface area contributed by atoms with Crippen LogP contribution in [0.3, 0.4) is 0 Å². The van der Waals surface area contributed by atoms with Crippen LogP contribution in [0, 0.1) is 0 Å². The van der Waals surface area contributed by atoms with Gasteiger partial charge in [0.05, 0.1) is 12.8 Å². The Bertz CT molecular complexity index is 266. The van der Waals surface area contributed by atoms with Crippen molar-refractivity contribution in [2.45, 2.75) is 37.8 Å². The van der Waals surface area contributed by atoms with Crippen LogP contribution in [0.4, 0.5) is 0 Å². The van der Waals surface area contributed by atoms with Crippen LogP contribution in [0.5, 0.6) is 0 Å². The molecular formula is C10H16N2O2. The Labute approximate surface area is 83.4 Å². The van der Waals surface area contributed by atoms with E-state index in [0.717, 1.165) is 18.6 Å². The van der Waals surface area contributed by atoms with Crippen LogP contribution in [-0.4, -0.2) is 17.3 Å². The minimum Gasteiger partial charge on any atom is -0.371 e. The largest absolute Gasteiger partial charge is 0.371 e. The maximum absolute atomic E-state index is 6.13. The van der Waals surface area contributed by atoms with Crippen LogP contribution in [-0.2, 0) is 11.3 Å². The van der Waals surface area contributed by atoms with Crippen LogP contribution in [0.25, 0.3) is 0 Å². The lowest BCUT2D eigenvalue weighted by molar-refractivity contribution is 0.0614. The van der Waals surface area contributed by atoms with Crippen LogP contribution < -0.4 is 5.73 Å². The maximum Gasteiger partial charge on any atom is 0.162 e. The summed E-state index contributed by atoms with van der Waals surface area (Å²) >= 11 is 0. The average Bonchev–Trinajstić information content (AvgIpc) is 2.77. The molecule has 0 bridgehead atoms. The van der Waals surface area contributed by atoms with Gasteiger partial charge in [0.1, 0.15) is 6.61 Å². The van der Waals surface area contributed by atoms with Gasteiger partial charge in [-0.05, 0) is 12.8 Å². The molecule has 78 valence electrons. The zero-order chi connectivity index (χ0) is 9.86. The first-order valence-electron chi connectivity index (χ1n) is 5.05. The molecule has 2 N–H and O–H groups in total. The molecular weight excluding hydrogens is 180 g/mol. The van der Waals surface area contributed by atoms with E-state index in [1.165, 1.54) is 12.8 Å². The highest BCUT2D eigenvalue weighted by Crippen LogP contribution is 2.27. The van der Waals surface area contributed by atoms with Gasteiger partial charge in [-0.3, -0.25) is 0 Å². The normalized spacial score (nSPS) is 20.1. The first kappa shape index (κ1) is 9.68. The first-order valence-corrected chi connectivity index (χ1v) is 5.05. The summed E-state index contributed by atoms with van der Waals surface area (Å²) in [6.45, 7) is 1.09. The Morgan fingerprint density at radius 1 is 1.50 bits per heavy atom. The number of nitrogens with zero attached hydrogens (tertiary/aromatic N) is 1. The van der Waals surface area contributed by atoms with E-state index < -0.39 is 0 Å². The predicted octanol–water partition coefficient (Wildman–Crippen LogP) is 1.46. The lowest BCUT2D eigenvalue weighted by Gasteiger charge is -2.22. The zero-order valence-corrected chi connectivity index (χ0v) is 8.24. The zero-order valence-electron chi connectivity index (χ0n) is 8.24. The van der Waals surface area contributed by atoms with Gasteiger partial charge >= 0.3 is 0 Å². The van der Waals surface area contributed by atoms with Gasteiger partial charge in [-0.1, -0.05) is 18.0 Å². The van der Waals surface area contributed by atoms with E-state index in [-0.39, 0.29) is 5.54 Å². The molecule has 0 amide bonds. The van der Waals surface area contributed by atoms with Crippen molar-refractivity contribution in [1.29, 1.82) is 0 Å². The molecule has 4 heteroatoms. The van der Waals surface area contributed by atoms with Crippen molar-refractivity contribution < 1.29 is 9.26 Å². The highest BCUT2D eigenvalue weighted by atomic mass is 16.5. The molecule has 0 unspecified atom stereocenters. The Balaban J connectivity index is 1.72. The molecule has 1 saturated carbocycles. The second-order valence-corrected chi connectivity index (χ2v) is 4.04. The molecule has 0 atom stereocenters. The summed E-state index contributed by atoms with van der Waals surface area (Å²) in [6, 6.07) is 1.80. The van der Waals surface area contributed by atoms with Crippen molar-refractivity contribution in [3.8, 4) is 0 Å². The first-order chi connectivity index (χ1) is 6.79. The molecule has 1 fully saturated rings. The third kappa shape index (κ3) is 2.33. The number of nitrogens with two attached hydrogens (primary N) is 1. The summed E-state index contributed by atoms with van der Waals surface area (Å²) < 4.78 is 10.4. The van der Waals surface area contributed by atoms with Gasteiger partial charge in [0.25, 0.3) is 0 Å². The van der Waals surface area contributed by atoms with Crippen molar-refractivity contribution >= 4 is 0 Å². The molecule has 0 radical (unpaired) electrons. The standard InChI is InChI=1S/C10H16N2O2/c11-10(4-1-2-5-10)8-13-7-9-3-6-12-14-9/h3,6H,1-2,4-5,7-8,11H2. The molecule has 0 saturated heterocycles. The lowest BCUT2D eigenvalue weighted by atomic mass is 10.0. The SMILES string of the molecule is NC1(COCc2ccno2)CCCC1. The number of hydrogen-bond acceptors (Lipinski definition) is 4. The summed E-state index contributed by atoms with van der Waals surface area (Å²) in [5.41, 5.74) is 6.03. The Kier molecular flexibility index (Phi) is 2.84. The molecule has 1 aliphatic carbocycles. The molecule has 1 aromatic rings. The maximum atomic E-state index is 6.13. The fourth-order valence-corrected chi connectivity index (χ4v) is 1.89. The van der Waals surface area contributed by atoms with Crippen LogP contribution in [0.2, 0.25) is 0 Å². The second-order valence-electron chi connectivity index (χ2n) is 4.04. The van der Waals surface area contributed by atoms with Crippen molar-refractivity contribution in [3.05, 3.63) is 18.0 Å². The van der Waals surface area contributed by atoms with Gasteiger partial charge < -0.3 is 15.0 Å². The van der Waals surface area contributed by atoms with Gasteiger partial charge in [0, 0.05) is 11.6 Å². The summed E-state index contributed by atoms with van der Waals surface area (Å²) in [7, 11) is 0. The summed E-state index contributed by atoms with van der Waals surface area (Å²) in [5.74, 6) is 0.756. The molecule has 1 heterocycles. The lowest BCUT2D eigenvalue weighted by Crippen LogP contribution is -2.41. The van der Waals surface area contributed by atoms with E-state index in [9.17, 15) is 0 Å². The summed E-state index contributed by atoms with van der Waals surface area (Å²) in [6.07, 6.45) is 6.21. The predicted molar refractivity (Wildman–Crippen MR) is 51.5 cm³/mol. The van der Waals surface area contributed by atoms with E-state index in [0.29, 0.717) is 13.2 Å². The third-order valence-corrected chi connectivity index (χ3v) is 2.72. The van der Waals surface area contributed by atoms with Gasteiger partial charge in [0.15, 0.2) is 5.76 Å². The Morgan fingerprint density at radius 3 is 2.93 bits per heavy atom. The van der Waals surface area contributed by atoms with Crippen LogP contribution in [0.1, 0.15) is 31.4 Å². The van der Waals surface area contributed by atoms with Crippen LogP contribution >= 0.6 is 0 Å². The molecule has 0 aromatic carbocycles. The molecule has 14 heavy (non-hydrogen) atoms. The molecule has 2 rings (SSSR count). The summed E-state index contributed by atoms with van der Waals surface area (Å²) in [4.78, 5) is 0. The molecule has 1 aromatic heterocycles. The number of aromatic nitrogens is 1. The minimum absolute atomic E-state index is 0.0972. The second kappa shape index (κ2) is 4.11. The Hall–Kier alpha value is -0.870. The van der Waals surface area contributed by atoms with Crippen molar-refractivity contribution in [3.63, 3.8) is 0 Å². The number of hydrogen-bond donors (Lipinski definition) is 1. The quantitative estimate of drug-likeness (QED) is 0.792. The van der Waals surface area contributed by atoms with E-state index in [1.807, 2.05) is 0 Å². The van der Waals surface area contributed by atoms with Gasteiger partial charge in [-0.25, -0.2) is 0 Å². The number of rotatable bonds is 4. The molecule has 0 aliphatic heterocycles. The molecule has 1 aliphatic rings. The Morgan fingerprint density at radius 2 is 2.29 bits per heavy atom. The van der Waals surface area contributed by atoms with E-state index in [2.05, 4.69) is 5.16 Å².